The van der Waals surface area contributed by atoms with Gasteiger partial charge in [0.15, 0.2) is 5.78 Å². The molecule has 7 heteroatoms. The molecule has 5 rings (SSSR count). The van der Waals surface area contributed by atoms with Crippen LogP contribution in [0.3, 0.4) is 0 Å². The molecule has 3 aliphatic heterocycles. The Hall–Kier alpha value is -3.35. The minimum absolute atomic E-state index is 0.136. The van der Waals surface area contributed by atoms with Crippen LogP contribution in [0.2, 0.25) is 0 Å². The number of carbonyl (C=O) groups excluding carboxylic acids is 3. The first-order chi connectivity index (χ1) is 14.7. The average Bonchev–Trinajstić information content (AvgIpc) is 3.20. The highest BCUT2D eigenvalue weighted by Crippen LogP contribution is 2.53. The van der Waals surface area contributed by atoms with Crippen LogP contribution in [-0.4, -0.2) is 34.9 Å². The molecular weight excluding hydrogens is 397 g/mol. The van der Waals surface area contributed by atoms with E-state index in [9.17, 15) is 18.8 Å². The summed E-state index contributed by atoms with van der Waals surface area (Å²) < 4.78 is 13.4. The van der Waals surface area contributed by atoms with Crippen LogP contribution in [0.4, 0.5) is 10.1 Å². The second kappa shape index (κ2) is 6.57. The first-order valence-electron chi connectivity index (χ1n) is 10.3. The quantitative estimate of drug-likeness (QED) is 0.701. The minimum Gasteiger partial charge on any atom is -0.297 e. The molecule has 0 saturated carbocycles. The van der Waals surface area contributed by atoms with Crippen LogP contribution < -0.4 is 4.90 Å². The van der Waals surface area contributed by atoms with Gasteiger partial charge in [0.2, 0.25) is 11.8 Å². The van der Waals surface area contributed by atoms with E-state index >= 15 is 0 Å². The SMILES string of the molecule is CC(C)(C)C(=O)[C@@H]1[C@@H]2C(=O)N(c3ccc(F)cc3)C(=O)[C@@H]2[C@H]2c3ccccc3C=NN12. The van der Waals surface area contributed by atoms with Crippen molar-refractivity contribution in [3.63, 3.8) is 0 Å². The predicted octanol–water partition coefficient (Wildman–Crippen LogP) is 3.32. The van der Waals surface area contributed by atoms with Gasteiger partial charge >= 0.3 is 0 Å². The second-order valence-corrected chi connectivity index (χ2v) is 9.30. The first kappa shape index (κ1) is 19.6. The third-order valence-electron chi connectivity index (χ3n) is 6.39. The summed E-state index contributed by atoms with van der Waals surface area (Å²) in [6, 6.07) is 11.5. The van der Waals surface area contributed by atoms with Gasteiger partial charge in [-0.2, -0.15) is 5.10 Å². The maximum Gasteiger partial charge on any atom is 0.240 e. The fourth-order valence-corrected chi connectivity index (χ4v) is 4.96. The van der Waals surface area contributed by atoms with Gasteiger partial charge in [0.05, 0.1) is 29.8 Å². The third-order valence-corrected chi connectivity index (χ3v) is 6.39. The Kier molecular flexibility index (Phi) is 4.16. The van der Waals surface area contributed by atoms with Gasteiger partial charge in [0.1, 0.15) is 11.9 Å². The lowest BCUT2D eigenvalue weighted by Crippen LogP contribution is -2.48. The van der Waals surface area contributed by atoms with E-state index in [1.54, 1.807) is 32.0 Å². The zero-order chi connectivity index (χ0) is 22.1. The molecule has 2 aromatic carbocycles. The Bertz CT molecular complexity index is 1140. The Morgan fingerprint density at radius 1 is 0.968 bits per heavy atom. The Balaban J connectivity index is 1.66. The van der Waals surface area contributed by atoms with Crippen molar-refractivity contribution in [2.45, 2.75) is 32.9 Å². The highest BCUT2D eigenvalue weighted by atomic mass is 19.1. The molecule has 4 atom stereocenters. The van der Waals surface area contributed by atoms with E-state index in [-0.39, 0.29) is 11.7 Å². The molecule has 2 fully saturated rings. The maximum atomic E-state index is 13.6. The second-order valence-electron chi connectivity index (χ2n) is 9.30. The molecule has 0 N–H and O–H groups in total. The van der Waals surface area contributed by atoms with Gasteiger partial charge in [-0.15, -0.1) is 0 Å². The molecule has 0 unspecified atom stereocenters. The van der Waals surface area contributed by atoms with E-state index in [4.69, 9.17) is 0 Å². The fourth-order valence-electron chi connectivity index (χ4n) is 4.96. The van der Waals surface area contributed by atoms with Gasteiger partial charge in [-0.1, -0.05) is 45.0 Å². The molecule has 0 aromatic heterocycles. The first-order valence-corrected chi connectivity index (χ1v) is 10.3. The summed E-state index contributed by atoms with van der Waals surface area (Å²) >= 11 is 0. The number of nitrogens with zero attached hydrogens (tertiary/aromatic N) is 3. The van der Waals surface area contributed by atoms with Crippen molar-refractivity contribution in [1.29, 1.82) is 0 Å². The number of hydrogen-bond acceptors (Lipinski definition) is 5. The van der Waals surface area contributed by atoms with Crippen LogP contribution in [0, 0.1) is 23.1 Å². The van der Waals surface area contributed by atoms with Crippen molar-refractivity contribution in [3.05, 3.63) is 65.5 Å². The van der Waals surface area contributed by atoms with Gasteiger partial charge in [-0.05, 0) is 35.4 Å². The smallest absolute Gasteiger partial charge is 0.240 e. The molecule has 2 aromatic rings. The lowest BCUT2D eigenvalue weighted by molar-refractivity contribution is -0.136. The lowest BCUT2D eigenvalue weighted by Gasteiger charge is -2.35. The molecule has 158 valence electrons. The van der Waals surface area contributed by atoms with Crippen molar-refractivity contribution >= 4 is 29.5 Å². The number of carbonyl (C=O) groups is 3. The number of benzene rings is 2. The molecule has 6 nitrogen and oxygen atoms in total. The third kappa shape index (κ3) is 2.76. The monoisotopic (exact) mass is 419 g/mol. The van der Waals surface area contributed by atoms with Crippen molar-refractivity contribution in [1.82, 2.24) is 5.01 Å². The van der Waals surface area contributed by atoms with Crippen molar-refractivity contribution < 1.29 is 18.8 Å². The number of fused-ring (bicyclic) bond motifs is 5. The number of imide groups is 1. The molecule has 2 saturated heterocycles. The Morgan fingerprint density at radius 2 is 1.61 bits per heavy atom. The van der Waals surface area contributed by atoms with Gasteiger partial charge in [-0.25, -0.2) is 9.29 Å². The standard InChI is InChI=1S/C24H22FN3O3/c1-24(2,3)21(29)20-18-17(19-16-7-5-4-6-13(16)12-26-28(19)20)22(30)27(23(18)31)15-10-8-14(25)9-11-15/h4-12,17-20H,1-3H3/t17-,18+,19+,20-/m0/s1. The molecule has 31 heavy (non-hydrogen) atoms. The number of ketones is 1. The number of hydrazone groups is 1. The molecule has 2 amide bonds. The van der Waals surface area contributed by atoms with Crippen LogP contribution in [0.25, 0.3) is 0 Å². The van der Waals surface area contributed by atoms with Crippen molar-refractivity contribution in [2.75, 3.05) is 4.90 Å². The number of anilines is 1. The summed E-state index contributed by atoms with van der Waals surface area (Å²) in [7, 11) is 0. The number of halogens is 1. The van der Waals surface area contributed by atoms with Gasteiger partial charge in [0.25, 0.3) is 0 Å². The highest BCUT2D eigenvalue weighted by molar-refractivity contribution is 6.24. The Morgan fingerprint density at radius 3 is 2.29 bits per heavy atom. The van der Waals surface area contributed by atoms with E-state index in [1.807, 2.05) is 24.3 Å². The lowest BCUT2D eigenvalue weighted by atomic mass is 9.79. The Labute approximate surface area is 179 Å². The molecule has 3 heterocycles. The van der Waals surface area contributed by atoms with Crippen molar-refractivity contribution in [2.24, 2.45) is 22.4 Å². The highest BCUT2D eigenvalue weighted by Gasteiger charge is 2.66. The van der Waals surface area contributed by atoms with Crippen molar-refractivity contribution in [3.8, 4) is 0 Å². The van der Waals surface area contributed by atoms with Crippen LogP contribution in [-0.2, 0) is 14.4 Å². The number of rotatable bonds is 2. The van der Waals surface area contributed by atoms with E-state index in [0.717, 1.165) is 16.0 Å². The van der Waals surface area contributed by atoms with Gasteiger partial charge in [0, 0.05) is 5.41 Å². The summed E-state index contributed by atoms with van der Waals surface area (Å²) in [5, 5.41) is 6.18. The average molecular weight is 419 g/mol. The number of hydrogen-bond donors (Lipinski definition) is 0. The van der Waals surface area contributed by atoms with Gasteiger partial charge in [-0.3, -0.25) is 19.4 Å². The zero-order valence-electron chi connectivity index (χ0n) is 17.4. The van der Waals surface area contributed by atoms with Crippen LogP contribution >= 0.6 is 0 Å². The minimum atomic E-state index is -0.849. The van der Waals surface area contributed by atoms with E-state index in [2.05, 4.69) is 5.10 Å². The molecule has 0 radical (unpaired) electrons. The predicted molar refractivity (Wildman–Crippen MR) is 113 cm³/mol. The number of Topliss-reactive ketones (excluding diaryl/α,β-unsaturated/α-hetero) is 1. The fraction of sp³-hybridized carbons (Fsp3) is 0.333. The molecule has 0 bridgehead atoms. The van der Waals surface area contributed by atoms with Crippen LogP contribution in [0.5, 0.6) is 0 Å². The summed E-state index contributed by atoms with van der Waals surface area (Å²) in [5.74, 6) is -3.00. The molecular formula is C24H22FN3O3. The van der Waals surface area contributed by atoms with Gasteiger partial charge < -0.3 is 0 Å². The van der Waals surface area contributed by atoms with E-state index in [1.165, 1.54) is 24.3 Å². The normalized spacial score (nSPS) is 26.7. The number of amides is 2. The summed E-state index contributed by atoms with van der Waals surface area (Å²) in [6.45, 7) is 5.41. The van der Waals surface area contributed by atoms with Crippen LogP contribution in [0.1, 0.15) is 37.9 Å². The summed E-state index contributed by atoms with van der Waals surface area (Å²) in [4.78, 5) is 41.7. The molecule has 3 aliphatic rings. The van der Waals surface area contributed by atoms with E-state index in [0.29, 0.717) is 5.69 Å². The van der Waals surface area contributed by atoms with E-state index < -0.39 is 41.1 Å². The summed E-state index contributed by atoms with van der Waals surface area (Å²) in [6.07, 6.45) is 1.68. The largest absolute Gasteiger partial charge is 0.297 e. The topological polar surface area (TPSA) is 70.0 Å². The molecule has 0 aliphatic carbocycles. The molecule has 0 spiro atoms. The maximum absolute atomic E-state index is 13.6. The summed E-state index contributed by atoms with van der Waals surface area (Å²) in [5.41, 5.74) is 1.33. The zero-order valence-corrected chi connectivity index (χ0v) is 17.4. The van der Waals surface area contributed by atoms with Crippen LogP contribution in [0.15, 0.2) is 53.6 Å².